The molecular weight excluding hydrogens is 310 g/mol. The number of hydrogen-bond acceptors (Lipinski definition) is 3. The Hall–Kier alpha value is -2.26. The van der Waals surface area contributed by atoms with E-state index in [1.807, 2.05) is 12.1 Å². The average Bonchev–Trinajstić information content (AvgIpc) is 2.60. The third-order valence-electron chi connectivity index (χ3n) is 4.79. The molecule has 0 saturated heterocycles. The summed E-state index contributed by atoms with van der Waals surface area (Å²) in [5, 5.41) is 0. The first-order valence-electron chi connectivity index (χ1n) is 8.74. The summed E-state index contributed by atoms with van der Waals surface area (Å²) in [7, 11) is 3.87. The first-order valence-corrected chi connectivity index (χ1v) is 8.74. The molecule has 0 radical (unpaired) electrons. The predicted octanol–water partition coefficient (Wildman–Crippen LogP) is 5.07. The van der Waals surface area contributed by atoms with Crippen LogP contribution in [0, 0.1) is 0 Å². The monoisotopic (exact) mass is 337 g/mol. The fourth-order valence-corrected chi connectivity index (χ4v) is 3.17. The Balaban J connectivity index is 1.88. The topological polar surface area (TPSA) is 21.7 Å². The molecule has 1 aliphatic heterocycles. The maximum Gasteiger partial charge on any atom is 0.131 e. The summed E-state index contributed by atoms with van der Waals surface area (Å²) in [5.41, 5.74) is 3.30. The molecule has 1 heterocycles. The van der Waals surface area contributed by atoms with Gasteiger partial charge in [-0.05, 0) is 45.5 Å². The minimum absolute atomic E-state index is 0.226. The maximum absolute atomic E-state index is 6.07. The second kappa shape index (κ2) is 6.93. The zero-order valence-corrected chi connectivity index (χ0v) is 15.7. The highest BCUT2D eigenvalue weighted by atomic mass is 16.5. The van der Waals surface area contributed by atoms with E-state index in [9.17, 15) is 0 Å². The van der Waals surface area contributed by atoms with Gasteiger partial charge in [-0.3, -0.25) is 4.90 Å². The van der Waals surface area contributed by atoms with Crippen molar-refractivity contribution in [1.82, 2.24) is 4.90 Å². The van der Waals surface area contributed by atoms with E-state index in [1.54, 1.807) is 7.11 Å². The highest BCUT2D eigenvalue weighted by Gasteiger charge is 2.25. The quantitative estimate of drug-likeness (QED) is 0.760. The normalized spacial score (nSPS) is 16.2. The Labute approximate surface area is 150 Å². The smallest absolute Gasteiger partial charge is 0.131 e. The average molecular weight is 337 g/mol. The van der Waals surface area contributed by atoms with Gasteiger partial charge >= 0.3 is 0 Å². The Morgan fingerprint density at radius 3 is 2.56 bits per heavy atom. The van der Waals surface area contributed by atoms with E-state index < -0.39 is 0 Å². The van der Waals surface area contributed by atoms with E-state index in [2.05, 4.69) is 75.2 Å². The van der Waals surface area contributed by atoms with Crippen molar-refractivity contribution in [1.29, 1.82) is 0 Å². The molecule has 1 aliphatic rings. The van der Waals surface area contributed by atoms with Crippen molar-refractivity contribution in [2.45, 2.75) is 39.0 Å². The van der Waals surface area contributed by atoms with Crippen molar-refractivity contribution in [3.63, 3.8) is 0 Å². The second-order valence-electron chi connectivity index (χ2n) is 7.25. The highest BCUT2D eigenvalue weighted by Crippen LogP contribution is 2.39. The molecule has 0 spiro atoms. The number of nitrogens with zero attached hydrogens (tertiary/aromatic N) is 1. The van der Waals surface area contributed by atoms with Crippen LogP contribution < -0.4 is 9.47 Å². The van der Waals surface area contributed by atoms with Crippen LogP contribution in [0.4, 0.5) is 0 Å². The molecule has 2 aromatic rings. The largest absolute Gasteiger partial charge is 0.496 e. The highest BCUT2D eigenvalue weighted by molar-refractivity contribution is 5.64. The number of ether oxygens (including phenoxy) is 2. The van der Waals surface area contributed by atoms with Gasteiger partial charge in [0.15, 0.2) is 0 Å². The molecule has 1 atom stereocenters. The lowest BCUT2D eigenvalue weighted by Crippen LogP contribution is -2.28. The van der Waals surface area contributed by atoms with Gasteiger partial charge in [-0.25, -0.2) is 0 Å². The summed E-state index contributed by atoms with van der Waals surface area (Å²) in [6.07, 6.45) is 4.25. The van der Waals surface area contributed by atoms with Crippen molar-refractivity contribution in [2.24, 2.45) is 0 Å². The van der Waals surface area contributed by atoms with E-state index in [0.717, 1.165) is 23.6 Å². The summed E-state index contributed by atoms with van der Waals surface area (Å²) in [6.45, 7) is 7.22. The summed E-state index contributed by atoms with van der Waals surface area (Å²) in [5.74, 6) is 1.75. The van der Waals surface area contributed by atoms with E-state index in [-0.39, 0.29) is 11.6 Å². The molecule has 0 amide bonds. The van der Waals surface area contributed by atoms with E-state index in [1.165, 1.54) is 11.1 Å². The molecule has 3 rings (SSSR count). The van der Waals surface area contributed by atoms with Crippen LogP contribution in [0.5, 0.6) is 11.5 Å². The maximum atomic E-state index is 6.07. The van der Waals surface area contributed by atoms with Crippen molar-refractivity contribution in [3.8, 4) is 11.5 Å². The van der Waals surface area contributed by atoms with Crippen LogP contribution in [-0.2, 0) is 6.54 Å². The molecule has 0 bridgehead atoms. The minimum Gasteiger partial charge on any atom is -0.496 e. The molecule has 0 fully saturated rings. The van der Waals surface area contributed by atoms with Crippen LogP contribution in [0.2, 0.25) is 0 Å². The Kier molecular flexibility index (Phi) is 4.87. The second-order valence-corrected chi connectivity index (χ2v) is 7.25. The fourth-order valence-electron chi connectivity index (χ4n) is 3.17. The van der Waals surface area contributed by atoms with Gasteiger partial charge < -0.3 is 9.47 Å². The van der Waals surface area contributed by atoms with Gasteiger partial charge in [-0.1, -0.05) is 36.4 Å². The third kappa shape index (κ3) is 3.88. The fraction of sp³-hybridized carbons (Fsp3) is 0.364. The molecule has 2 aromatic carbocycles. The van der Waals surface area contributed by atoms with Crippen molar-refractivity contribution >= 4 is 6.08 Å². The van der Waals surface area contributed by atoms with Crippen LogP contribution in [0.15, 0.2) is 48.5 Å². The van der Waals surface area contributed by atoms with Gasteiger partial charge in [0.1, 0.15) is 17.1 Å². The zero-order chi connectivity index (χ0) is 18.0. The van der Waals surface area contributed by atoms with Crippen molar-refractivity contribution in [2.75, 3.05) is 14.2 Å². The number of methoxy groups -OCH3 is 1. The lowest BCUT2D eigenvalue weighted by atomic mass is 9.97. The van der Waals surface area contributed by atoms with Crippen LogP contribution >= 0.6 is 0 Å². The van der Waals surface area contributed by atoms with Gasteiger partial charge in [0.25, 0.3) is 0 Å². The number of fused-ring (bicyclic) bond motifs is 1. The predicted molar refractivity (Wildman–Crippen MR) is 103 cm³/mol. The molecule has 25 heavy (non-hydrogen) atoms. The Morgan fingerprint density at radius 2 is 1.88 bits per heavy atom. The van der Waals surface area contributed by atoms with Crippen LogP contribution in [0.25, 0.3) is 6.08 Å². The van der Waals surface area contributed by atoms with Crippen LogP contribution in [0.3, 0.4) is 0 Å². The first kappa shape index (κ1) is 17.6. The minimum atomic E-state index is -0.282. The molecule has 0 aliphatic carbocycles. The van der Waals surface area contributed by atoms with Gasteiger partial charge in [-0.2, -0.15) is 0 Å². The standard InChI is InChI=1S/C22H27NO2/c1-16(23(4)15-17-9-7-6-8-10-17)19-13-18-11-12-22(2,3)25-20(18)14-21(19)24-5/h6-14,16H,15H2,1-5H3/t16-/m0/s1. The van der Waals surface area contributed by atoms with E-state index in [0.29, 0.717) is 0 Å². The SMILES string of the molecule is COc1cc2c(cc1[C@H](C)N(C)Cc1ccccc1)C=CC(C)(C)O2. The van der Waals surface area contributed by atoms with Gasteiger partial charge in [0, 0.05) is 29.8 Å². The molecule has 3 nitrogen and oxygen atoms in total. The number of hydrogen-bond donors (Lipinski definition) is 0. The summed E-state index contributed by atoms with van der Waals surface area (Å²) >= 11 is 0. The molecular formula is C22H27NO2. The molecule has 3 heteroatoms. The molecule has 0 N–H and O–H groups in total. The molecule has 132 valence electrons. The van der Waals surface area contributed by atoms with Crippen LogP contribution in [0.1, 0.15) is 43.5 Å². The van der Waals surface area contributed by atoms with Gasteiger partial charge in [0.05, 0.1) is 7.11 Å². The molecule has 0 aromatic heterocycles. The lowest BCUT2D eigenvalue weighted by molar-refractivity contribution is 0.158. The summed E-state index contributed by atoms with van der Waals surface area (Å²) in [6, 6.07) is 15.0. The van der Waals surface area contributed by atoms with Crippen molar-refractivity contribution < 1.29 is 9.47 Å². The third-order valence-corrected chi connectivity index (χ3v) is 4.79. The van der Waals surface area contributed by atoms with Gasteiger partial charge in [-0.15, -0.1) is 0 Å². The Morgan fingerprint density at radius 1 is 1.16 bits per heavy atom. The van der Waals surface area contributed by atoms with E-state index >= 15 is 0 Å². The zero-order valence-electron chi connectivity index (χ0n) is 15.7. The van der Waals surface area contributed by atoms with E-state index in [4.69, 9.17) is 9.47 Å². The van der Waals surface area contributed by atoms with Crippen molar-refractivity contribution in [3.05, 3.63) is 65.2 Å². The lowest BCUT2D eigenvalue weighted by Gasteiger charge is -2.31. The summed E-state index contributed by atoms with van der Waals surface area (Å²) < 4.78 is 11.7. The summed E-state index contributed by atoms with van der Waals surface area (Å²) in [4.78, 5) is 2.33. The number of rotatable bonds is 5. The molecule has 0 unspecified atom stereocenters. The van der Waals surface area contributed by atoms with Crippen LogP contribution in [-0.4, -0.2) is 24.7 Å². The first-order chi connectivity index (χ1) is 11.9. The number of benzene rings is 2. The molecule has 0 saturated carbocycles. The Bertz CT molecular complexity index is 765. The van der Waals surface area contributed by atoms with Gasteiger partial charge in [0.2, 0.25) is 0 Å².